The minimum atomic E-state index is -0.490. The van der Waals surface area contributed by atoms with Crippen LogP contribution in [0.25, 0.3) is 0 Å². The zero-order valence-electron chi connectivity index (χ0n) is 11.6. The van der Waals surface area contributed by atoms with Crippen molar-refractivity contribution in [2.45, 2.75) is 33.4 Å². The van der Waals surface area contributed by atoms with Crippen molar-refractivity contribution in [2.75, 3.05) is 11.1 Å². The largest absolute Gasteiger partial charge is 0.488 e. The van der Waals surface area contributed by atoms with E-state index in [1.54, 1.807) is 6.92 Å². The van der Waals surface area contributed by atoms with Gasteiger partial charge in [0.1, 0.15) is 0 Å². The van der Waals surface area contributed by atoms with Crippen molar-refractivity contribution >= 4 is 11.4 Å². The summed E-state index contributed by atoms with van der Waals surface area (Å²) in [5.41, 5.74) is 6.61. The summed E-state index contributed by atoms with van der Waals surface area (Å²) in [7, 11) is 0. The van der Waals surface area contributed by atoms with Crippen LogP contribution in [0.3, 0.4) is 0 Å². The Bertz CT molecular complexity index is 598. The average Bonchev–Trinajstić information content (AvgIpc) is 2.76. The Morgan fingerprint density at radius 2 is 2.20 bits per heavy atom. The summed E-state index contributed by atoms with van der Waals surface area (Å²) < 4.78 is 24.0. The third-order valence-electron chi connectivity index (χ3n) is 2.47. The van der Waals surface area contributed by atoms with Crippen LogP contribution in [0.5, 0.6) is 5.75 Å². The molecule has 2 rings (SSSR count). The first-order valence-corrected chi connectivity index (χ1v) is 6.24. The van der Waals surface area contributed by atoms with Gasteiger partial charge >= 0.3 is 0 Å². The first-order valence-electron chi connectivity index (χ1n) is 6.24. The predicted molar refractivity (Wildman–Crippen MR) is 72.9 cm³/mol. The molecule has 6 nitrogen and oxygen atoms in total. The van der Waals surface area contributed by atoms with Gasteiger partial charge in [0.05, 0.1) is 24.0 Å². The zero-order valence-corrected chi connectivity index (χ0v) is 11.6. The highest BCUT2D eigenvalue weighted by atomic mass is 19.1. The molecule has 0 amide bonds. The van der Waals surface area contributed by atoms with Gasteiger partial charge in [-0.3, -0.25) is 0 Å². The summed E-state index contributed by atoms with van der Waals surface area (Å²) in [5.74, 6) is 0.643. The van der Waals surface area contributed by atoms with E-state index in [0.717, 1.165) is 0 Å². The predicted octanol–water partition coefficient (Wildman–Crippen LogP) is 2.50. The second kappa shape index (κ2) is 5.77. The number of aromatic nitrogens is 2. The molecule has 3 N–H and O–H groups in total. The van der Waals surface area contributed by atoms with Crippen LogP contribution >= 0.6 is 0 Å². The fraction of sp³-hybridized carbons (Fsp3) is 0.385. The standard InChI is InChI=1S/C13H17FN4O2/c1-7(2)19-12-5-11(10(15)4-9(12)14)16-6-13-17-8(3)18-20-13/h4-5,7,16H,6,15H2,1-3H3. The Balaban J connectivity index is 2.14. The van der Waals surface area contributed by atoms with Crippen LogP contribution in [0, 0.1) is 12.7 Å². The van der Waals surface area contributed by atoms with Gasteiger partial charge in [-0.15, -0.1) is 0 Å². The van der Waals surface area contributed by atoms with Crippen LogP contribution in [-0.4, -0.2) is 16.2 Å². The second-order valence-corrected chi connectivity index (χ2v) is 4.63. The molecule has 0 aliphatic heterocycles. The number of nitrogen functional groups attached to an aromatic ring is 1. The van der Waals surface area contributed by atoms with Gasteiger partial charge in [-0.1, -0.05) is 5.16 Å². The number of halogens is 1. The van der Waals surface area contributed by atoms with Gasteiger partial charge in [0, 0.05) is 12.1 Å². The highest BCUT2D eigenvalue weighted by molar-refractivity contribution is 5.68. The summed E-state index contributed by atoms with van der Waals surface area (Å²) >= 11 is 0. The minimum Gasteiger partial charge on any atom is -0.488 e. The lowest BCUT2D eigenvalue weighted by Crippen LogP contribution is -2.09. The quantitative estimate of drug-likeness (QED) is 0.818. The summed E-state index contributed by atoms with van der Waals surface area (Å²) in [5, 5.41) is 6.70. The molecule has 0 fully saturated rings. The van der Waals surface area contributed by atoms with Gasteiger partial charge in [-0.25, -0.2) is 4.39 Å². The lowest BCUT2D eigenvalue weighted by atomic mass is 10.2. The monoisotopic (exact) mass is 280 g/mol. The summed E-state index contributed by atoms with van der Waals surface area (Å²) in [6, 6.07) is 2.74. The van der Waals surface area contributed by atoms with Gasteiger partial charge in [-0.05, 0) is 20.8 Å². The second-order valence-electron chi connectivity index (χ2n) is 4.63. The minimum absolute atomic E-state index is 0.125. The molecule has 0 unspecified atom stereocenters. The number of hydrogen-bond donors (Lipinski definition) is 2. The van der Waals surface area contributed by atoms with E-state index in [-0.39, 0.29) is 17.5 Å². The van der Waals surface area contributed by atoms with Crippen LogP contribution in [0.15, 0.2) is 16.7 Å². The molecule has 0 radical (unpaired) electrons. The smallest absolute Gasteiger partial charge is 0.245 e. The summed E-state index contributed by atoms with van der Waals surface area (Å²) in [6.45, 7) is 5.68. The highest BCUT2D eigenvalue weighted by Gasteiger charge is 2.11. The highest BCUT2D eigenvalue weighted by Crippen LogP contribution is 2.29. The van der Waals surface area contributed by atoms with E-state index in [2.05, 4.69) is 15.5 Å². The van der Waals surface area contributed by atoms with E-state index in [1.165, 1.54) is 12.1 Å². The van der Waals surface area contributed by atoms with Crippen molar-refractivity contribution in [1.29, 1.82) is 0 Å². The Labute approximate surface area is 116 Å². The molecular weight excluding hydrogens is 263 g/mol. The van der Waals surface area contributed by atoms with E-state index in [4.69, 9.17) is 15.0 Å². The molecule has 0 aliphatic rings. The van der Waals surface area contributed by atoms with Crippen molar-refractivity contribution in [2.24, 2.45) is 0 Å². The van der Waals surface area contributed by atoms with Crippen molar-refractivity contribution < 1.29 is 13.7 Å². The van der Waals surface area contributed by atoms with Crippen molar-refractivity contribution in [1.82, 2.24) is 10.1 Å². The van der Waals surface area contributed by atoms with Gasteiger partial charge < -0.3 is 20.3 Å². The molecule has 20 heavy (non-hydrogen) atoms. The van der Waals surface area contributed by atoms with Gasteiger partial charge in [0.25, 0.3) is 0 Å². The van der Waals surface area contributed by atoms with Gasteiger partial charge in [-0.2, -0.15) is 4.98 Å². The van der Waals surface area contributed by atoms with Crippen LogP contribution < -0.4 is 15.8 Å². The molecule has 7 heteroatoms. The lowest BCUT2D eigenvalue weighted by Gasteiger charge is -2.14. The van der Waals surface area contributed by atoms with E-state index in [0.29, 0.717) is 23.9 Å². The van der Waals surface area contributed by atoms with Crippen molar-refractivity contribution in [3.8, 4) is 5.75 Å². The Hall–Kier alpha value is -2.31. The Morgan fingerprint density at radius 1 is 1.45 bits per heavy atom. The topological polar surface area (TPSA) is 86.2 Å². The number of rotatable bonds is 5. The van der Waals surface area contributed by atoms with Crippen molar-refractivity contribution in [3.63, 3.8) is 0 Å². The molecule has 2 aromatic rings. The summed E-state index contributed by atoms with van der Waals surface area (Å²) in [6.07, 6.45) is -0.125. The fourth-order valence-electron chi connectivity index (χ4n) is 1.65. The molecular formula is C13H17FN4O2. The van der Waals surface area contributed by atoms with Gasteiger partial charge in [0.15, 0.2) is 17.4 Å². The third kappa shape index (κ3) is 3.37. The molecule has 1 heterocycles. The van der Waals surface area contributed by atoms with Crippen LogP contribution in [-0.2, 0) is 6.54 Å². The number of nitrogens with two attached hydrogens (primary N) is 1. The Morgan fingerprint density at radius 3 is 2.80 bits per heavy atom. The van der Waals surface area contributed by atoms with E-state index in [9.17, 15) is 4.39 Å². The maximum absolute atomic E-state index is 13.7. The van der Waals surface area contributed by atoms with E-state index < -0.39 is 5.82 Å². The lowest BCUT2D eigenvalue weighted by molar-refractivity contribution is 0.231. The molecule has 0 spiro atoms. The number of benzene rings is 1. The SMILES string of the molecule is Cc1noc(CNc2cc(OC(C)C)c(F)cc2N)n1. The number of ether oxygens (including phenoxy) is 1. The molecule has 0 bridgehead atoms. The number of hydrogen-bond acceptors (Lipinski definition) is 6. The summed E-state index contributed by atoms with van der Waals surface area (Å²) in [4.78, 5) is 4.06. The molecule has 0 saturated heterocycles. The third-order valence-corrected chi connectivity index (χ3v) is 2.47. The van der Waals surface area contributed by atoms with E-state index in [1.807, 2.05) is 13.8 Å². The zero-order chi connectivity index (χ0) is 14.7. The molecule has 0 aliphatic carbocycles. The molecule has 108 valence electrons. The maximum Gasteiger partial charge on any atom is 0.245 e. The van der Waals surface area contributed by atoms with Crippen LogP contribution in [0.1, 0.15) is 25.6 Å². The van der Waals surface area contributed by atoms with Crippen LogP contribution in [0.4, 0.5) is 15.8 Å². The first-order chi connectivity index (χ1) is 9.45. The molecule has 0 atom stereocenters. The number of anilines is 2. The first kappa shape index (κ1) is 14.1. The number of nitrogens with one attached hydrogen (secondary N) is 1. The fourth-order valence-corrected chi connectivity index (χ4v) is 1.65. The number of nitrogens with zero attached hydrogens (tertiary/aromatic N) is 2. The van der Waals surface area contributed by atoms with E-state index >= 15 is 0 Å². The maximum atomic E-state index is 13.7. The van der Waals surface area contributed by atoms with Gasteiger partial charge in [0.2, 0.25) is 5.89 Å². The molecule has 1 aromatic carbocycles. The normalized spacial score (nSPS) is 10.8. The number of aryl methyl sites for hydroxylation is 1. The Kier molecular flexibility index (Phi) is 4.07. The van der Waals surface area contributed by atoms with Crippen molar-refractivity contribution in [3.05, 3.63) is 29.7 Å². The average molecular weight is 280 g/mol. The molecule has 0 saturated carbocycles. The molecule has 1 aromatic heterocycles. The van der Waals surface area contributed by atoms with Crippen LogP contribution in [0.2, 0.25) is 0 Å².